The number of hydrogen-bond donors (Lipinski definition) is 0. The summed E-state index contributed by atoms with van der Waals surface area (Å²) in [6, 6.07) is 7.54. The van der Waals surface area contributed by atoms with Crippen molar-refractivity contribution in [2.24, 2.45) is 11.8 Å². The number of nitrogens with zero attached hydrogens (tertiary/aromatic N) is 1. The largest absolute Gasteiger partial charge is 0.381 e. The summed E-state index contributed by atoms with van der Waals surface area (Å²) in [6.07, 6.45) is 6.54. The summed E-state index contributed by atoms with van der Waals surface area (Å²) in [5.41, 5.74) is 1.34. The minimum Gasteiger partial charge on any atom is -0.381 e. The molecular weight excluding hydrogens is 329 g/mol. The molecule has 4 rings (SSSR count). The van der Waals surface area contributed by atoms with Gasteiger partial charge in [0.1, 0.15) is 0 Å². The molecular formula is C19H25Cl2NO. The highest BCUT2D eigenvalue weighted by molar-refractivity contribution is 6.42. The molecule has 0 amide bonds. The van der Waals surface area contributed by atoms with Gasteiger partial charge in [0, 0.05) is 24.6 Å². The predicted molar refractivity (Wildman–Crippen MR) is 95.4 cm³/mol. The summed E-state index contributed by atoms with van der Waals surface area (Å²) in [7, 11) is 2.29. The maximum Gasteiger partial charge on any atom is 0.0595 e. The Morgan fingerprint density at radius 3 is 2.65 bits per heavy atom. The van der Waals surface area contributed by atoms with Crippen LogP contribution < -0.4 is 0 Å². The van der Waals surface area contributed by atoms with Crippen LogP contribution in [0.2, 0.25) is 10.0 Å². The monoisotopic (exact) mass is 353 g/mol. The van der Waals surface area contributed by atoms with E-state index >= 15 is 0 Å². The third-order valence-corrected chi connectivity index (χ3v) is 6.90. The van der Waals surface area contributed by atoms with E-state index in [4.69, 9.17) is 27.9 Å². The Balaban J connectivity index is 1.55. The molecule has 2 unspecified atom stereocenters. The first-order chi connectivity index (χ1) is 11.1. The minimum atomic E-state index is 0.540. The summed E-state index contributed by atoms with van der Waals surface area (Å²) in [6.45, 7) is 1.83. The first kappa shape index (κ1) is 16.2. The first-order valence-corrected chi connectivity index (χ1v) is 9.63. The number of ether oxygens (including phenoxy) is 1. The molecule has 1 aromatic rings. The molecule has 126 valence electrons. The van der Waals surface area contributed by atoms with Crippen molar-refractivity contribution in [1.29, 1.82) is 0 Å². The van der Waals surface area contributed by atoms with Crippen molar-refractivity contribution in [3.05, 3.63) is 33.8 Å². The van der Waals surface area contributed by atoms with Crippen molar-refractivity contribution in [3.63, 3.8) is 0 Å². The Morgan fingerprint density at radius 1 is 1.09 bits per heavy atom. The van der Waals surface area contributed by atoms with Gasteiger partial charge >= 0.3 is 0 Å². The molecule has 23 heavy (non-hydrogen) atoms. The summed E-state index contributed by atoms with van der Waals surface area (Å²) in [5.74, 6) is 1.93. The van der Waals surface area contributed by atoms with E-state index in [0.29, 0.717) is 34.0 Å². The second kappa shape index (κ2) is 6.55. The number of piperidine rings is 1. The van der Waals surface area contributed by atoms with Crippen molar-refractivity contribution in [2.45, 2.75) is 50.1 Å². The SMILES string of the molecule is CN1[C@H]2CC[C@@H]1C(COCC1CC1)C(c1ccc(Cl)c(Cl)c1)C2. The van der Waals surface area contributed by atoms with Crippen molar-refractivity contribution in [2.75, 3.05) is 20.3 Å². The Hall–Kier alpha value is -0.280. The molecule has 1 aliphatic carbocycles. The number of halogens is 2. The molecule has 0 radical (unpaired) electrons. The van der Waals surface area contributed by atoms with E-state index in [1.165, 1.54) is 37.7 Å². The molecule has 1 saturated carbocycles. The highest BCUT2D eigenvalue weighted by atomic mass is 35.5. The van der Waals surface area contributed by atoms with E-state index in [9.17, 15) is 0 Å². The van der Waals surface area contributed by atoms with Crippen LogP contribution in [0.1, 0.15) is 43.6 Å². The zero-order valence-electron chi connectivity index (χ0n) is 13.7. The highest BCUT2D eigenvalue weighted by Gasteiger charge is 2.46. The van der Waals surface area contributed by atoms with Crippen LogP contribution in [0, 0.1) is 11.8 Å². The van der Waals surface area contributed by atoms with Gasteiger partial charge < -0.3 is 9.64 Å². The second-order valence-corrected chi connectivity index (χ2v) is 8.44. The van der Waals surface area contributed by atoms with Crippen LogP contribution in [0.15, 0.2) is 18.2 Å². The van der Waals surface area contributed by atoms with Crippen molar-refractivity contribution < 1.29 is 4.74 Å². The molecule has 0 aromatic heterocycles. The van der Waals surface area contributed by atoms with Crippen LogP contribution in [0.25, 0.3) is 0 Å². The topological polar surface area (TPSA) is 12.5 Å². The Kier molecular flexibility index (Phi) is 4.62. The third-order valence-electron chi connectivity index (χ3n) is 6.16. The number of hydrogen-bond acceptors (Lipinski definition) is 2. The van der Waals surface area contributed by atoms with Gasteiger partial charge in [-0.05, 0) is 68.7 Å². The zero-order valence-corrected chi connectivity index (χ0v) is 15.2. The summed E-state index contributed by atoms with van der Waals surface area (Å²) < 4.78 is 6.12. The van der Waals surface area contributed by atoms with Gasteiger partial charge in [0.2, 0.25) is 0 Å². The van der Waals surface area contributed by atoms with E-state index in [0.717, 1.165) is 19.1 Å². The van der Waals surface area contributed by atoms with Gasteiger partial charge in [0.25, 0.3) is 0 Å². The van der Waals surface area contributed by atoms with Crippen LogP contribution in [-0.4, -0.2) is 37.2 Å². The molecule has 2 aliphatic heterocycles. The van der Waals surface area contributed by atoms with Crippen molar-refractivity contribution in [3.8, 4) is 0 Å². The lowest BCUT2D eigenvalue weighted by Gasteiger charge is -2.43. The molecule has 1 aromatic carbocycles. The minimum absolute atomic E-state index is 0.540. The fraction of sp³-hybridized carbons (Fsp3) is 0.684. The molecule has 3 fully saturated rings. The molecule has 3 aliphatic rings. The highest BCUT2D eigenvalue weighted by Crippen LogP contribution is 2.47. The number of benzene rings is 1. The lowest BCUT2D eigenvalue weighted by molar-refractivity contribution is 0.0176. The Bertz CT molecular complexity index is 574. The molecule has 4 atom stereocenters. The third kappa shape index (κ3) is 3.28. The van der Waals surface area contributed by atoms with Crippen LogP contribution >= 0.6 is 23.2 Å². The predicted octanol–water partition coefficient (Wildman–Crippen LogP) is 4.99. The van der Waals surface area contributed by atoms with Crippen LogP contribution in [0.4, 0.5) is 0 Å². The fourth-order valence-corrected chi connectivity index (χ4v) is 4.89. The van der Waals surface area contributed by atoms with E-state index < -0.39 is 0 Å². The first-order valence-electron chi connectivity index (χ1n) is 8.88. The Morgan fingerprint density at radius 2 is 1.91 bits per heavy atom. The summed E-state index contributed by atoms with van der Waals surface area (Å²) >= 11 is 12.4. The van der Waals surface area contributed by atoms with Gasteiger partial charge in [0.15, 0.2) is 0 Å². The zero-order chi connectivity index (χ0) is 16.0. The lowest BCUT2D eigenvalue weighted by atomic mass is 9.76. The van der Waals surface area contributed by atoms with Crippen LogP contribution in [0.5, 0.6) is 0 Å². The molecule has 0 N–H and O–H groups in total. The molecule has 2 heterocycles. The van der Waals surface area contributed by atoms with Crippen LogP contribution in [0.3, 0.4) is 0 Å². The number of rotatable bonds is 5. The van der Waals surface area contributed by atoms with Gasteiger partial charge in [-0.25, -0.2) is 0 Å². The average molecular weight is 354 g/mol. The molecule has 4 heteroatoms. The van der Waals surface area contributed by atoms with E-state index in [1.54, 1.807) is 0 Å². The van der Waals surface area contributed by atoms with Gasteiger partial charge in [0.05, 0.1) is 16.7 Å². The van der Waals surface area contributed by atoms with Crippen molar-refractivity contribution in [1.82, 2.24) is 4.90 Å². The average Bonchev–Trinajstić information content (AvgIpc) is 3.31. The smallest absolute Gasteiger partial charge is 0.0595 e. The molecule has 2 saturated heterocycles. The van der Waals surface area contributed by atoms with Gasteiger partial charge in [-0.3, -0.25) is 0 Å². The molecule has 2 nitrogen and oxygen atoms in total. The number of fused-ring (bicyclic) bond motifs is 2. The van der Waals surface area contributed by atoms with Crippen molar-refractivity contribution >= 4 is 23.2 Å². The lowest BCUT2D eigenvalue weighted by Crippen LogP contribution is -2.47. The maximum atomic E-state index is 6.28. The van der Waals surface area contributed by atoms with Gasteiger partial charge in [-0.15, -0.1) is 0 Å². The maximum absolute atomic E-state index is 6.28. The normalized spacial score (nSPS) is 34.0. The summed E-state index contributed by atoms with van der Waals surface area (Å²) in [4.78, 5) is 2.60. The van der Waals surface area contributed by atoms with E-state index in [1.807, 2.05) is 6.07 Å². The fourth-order valence-electron chi connectivity index (χ4n) is 4.59. The quantitative estimate of drug-likeness (QED) is 0.739. The molecule has 2 bridgehead atoms. The van der Waals surface area contributed by atoms with Crippen LogP contribution in [-0.2, 0) is 4.74 Å². The molecule has 0 spiro atoms. The Labute approximate surface area is 149 Å². The van der Waals surface area contributed by atoms with Gasteiger partial charge in [-0.1, -0.05) is 29.3 Å². The second-order valence-electron chi connectivity index (χ2n) is 7.62. The van der Waals surface area contributed by atoms with E-state index in [-0.39, 0.29) is 0 Å². The van der Waals surface area contributed by atoms with E-state index in [2.05, 4.69) is 24.1 Å². The summed E-state index contributed by atoms with van der Waals surface area (Å²) in [5, 5.41) is 1.32. The van der Waals surface area contributed by atoms with Gasteiger partial charge in [-0.2, -0.15) is 0 Å². The standard InChI is InChI=1S/C19H25Cl2NO/c1-22-14-5-7-19(22)16(11-23-10-12-2-3-12)15(9-14)13-4-6-17(20)18(21)8-13/h4,6,8,12,14-16,19H,2-3,5,7,9-11H2,1H3/t14-,15?,16?,19+/m0/s1.